The van der Waals surface area contributed by atoms with Crippen LogP contribution in [-0.4, -0.2) is 41.5 Å². The number of sulfonamides is 1. The summed E-state index contributed by atoms with van der Waals surface area (Å²) in [4.78, 5) is 27.4. The van der Waals surface area contributed by atoms with Gasteiger partial charge in [-0.1, -0.05) is 35.3 Å². The number of para-hydroxylation sites is 1. The van der Waals surface area contributed by atoms with Gasteiger partial charge in [-0.25, -0.2) is 22.9 Å². The van der Waals surface area contributed by atoms with Gasteiger partial charge in [-0.2, -0.15) is 15.0 Å². The minimum atomic E-state index is -4.36. The number of aromatic nitrogens is 4. The van der Waals surface area contributed by atoms with Crippen LogP contribution in [0.4, 0.5) is 10.7 Å². The van der Waals surface area contributed by atoms with E-state index in [0.29, 0.717) is 0 Å². The maximum atomic E-state index is 12.8. The molecule has 14 heteroatoms. The molecule has 0 spiro atoms. The summed E-state index contributed by atoms with van der Waals surface area (Å²) >= 11 is 11.8. The molecular weight excluding hydrogens is 471 g/mol. The molecule has 0 aliphatic carbocycles. The van der Waals surface area contributed by atoms with Gasteiger partial charge in [0, 0.05) is 6.20 Å². The molecule has 0 fully saturated rings. The highest BCUT2D eigenvalue weighted by Crippen LogP contribution is 2.32. The van der Waals surface area contributed by atoms with Crippen molar-refractivity contribution >= 4 is 45.2 Å². The minimum Gasteiger partial charge on any atom is -0.467 e. The van der Waals surface area contributed by atoms with Crippen molar-refractivity contribution in [2.45, 2.75) is 11.8 Å². The Morgan fingerprint density at radius 1 is 1.13 bits per heavy atom. The Morgan fingerprint density at radius 3 is 2.58 bits per heavy atom. The lowest BCUT2D eigenvalue weighted by Gasteiger charge is -2.13. The molecule has 0 unspecified atom stereocenters. The van der Waals surface area contributed by atoms with Crippen LogP contribution in [0, 0.1) is 6.92 Å². The lowest BCUT2D eigenvalue weighted by molar-refractivity contribution is 0.256. The number of benzene rings is 1. The maximum Gasteiger partial charge on any atom is 0.335 e. The van der Waals surface area contributed by atoms with Crippen LogP contribution in [0.25, 0.3) is 0 Å². The molecule has 2 amide bonds. The van der Waals surface area contributed by atoms with Gasteiger partial charge in [-0.3, -0.25) is 5.32 Å². The molecule has 0 saturated carbocycles. The highest BCUT2D eigenvalue weighted by atomic mass is 35.5. The molecule has 2 heterocycles. The Bertz CT molecular complexity index is 1240. The lowest BCUT2D eigenvalue weighted by Crippen LogP contribution is -2.35. The summed E-state index contributed by atoms with van der Waals surface area (Å²) in [6.45, 7) is 1.55. The van der Waals surface area contributed by atoms with Crippen molar-refractivity contribution in [1.82, 2.24) is 24.7 Å². The number of ether oxygens (including phenoxy) is 2. The van der Waals surface area contributed by atoms with Crippen LogP contribution in [0.5, 0.6) is 17.6 Å². The first-order chi connectivity index (χ1) is 14.7. The number of amides is 2. The molecular formula is C17H14Cl2N6O5S. The van der Waals surface area contributed by atoms with Gasteiger partial charge in [0.05, 0.1) is 12.1 Å². The van der Waals surface area contributed by atoms with Gasteiger partial charge in [0.25, 0.3) is 10.0 Å². The number of nitrogens with one attached hydrogen (secondary N) is 2. The molecule has 0 radical (unpaired) electrons. The topological polar surface area (TPSA) is 145 Å². The van der Waals surface area contributed by atoms with E-state index >= 15 is 0 Å². The summed E-state index contributed by atoms with van der Waals surface area (Å²) in [6.07, 6.45) is 1.29. The third-order valence-corrected chi connectivity index (χ3v) is 5.33. The van der Waals surface area contributed by atoms with Crippen LogP contribution in [0.3, 0.4) is 0 Å². The smallest absolute Gasteiger partial charge is 0.335 e. The number of nitrogens with zero attached hydrogens (tertiary/aromatic N) is 4. The minimum absolute atomic E-state index is 0.0447. The zero-order valence-electron chi connectivity index (χ0n) is 16.0. The summed E-state index contributed by atoms with van der Waals surface area (Å²) in [6, 6.07) is 5.85. The molecule has 0 saturated heterocycles. The second kappa shape index (κ2) is 9.29. The Labute approximate surface area is 186 Å². The molecule has 0 aliphatic rings. The molecule has 3 rings (SSSR count). The fourth-order valence-corrected chi connectivity index (χ4v) is 3.70. The van der Waals surface area contributed by atoms with Gasteiger partial charge >= 0.3 is 12.0 Å². The third-order valence-electron chi connectivity index (χ3n) is 3.48. The first-order valence-corrected chi connectivity index (χ1v) is 10.6. The molecule has 162 valence electrons. The largest absolute Gasteiger partial charge is 0.467 e. The van der Waals surface area contributed by atoms with Crippen LogP contribution < -0.4 is 19.5 Å². The van der Waals surface area contributed by atoms with E-state index in [2.05, 4.69) is 25.3 Å². The molecule has 0 atom stereocenters. The van der Waals surface area contributed by atoms with Gasteiger partial charge in [-0.05, 0) is 25.1 Å². The monoisotopic (exact) mass is 484 g/mol. The van der Waals surface area contributed by atoms with Crippen molar-refractivity contribution in [1.29, 1.82) is 0 Å². The molecule has 2 N–H and O–H groups in total. The Kier molecular flexibility index (Phi) is 6.73. The van der Waals surface area contributed by atoms with Crippen molar-refractivity contribution in [2.24, 2.45) is 0 Å². The number of anilines is 1. The predicted octanol–water partition coefficient (Wildman–Crippen LogP) is 3.19. The second-order valence-electron chi connectivity index (χ2n) is 5.74. The first-order valence-electron chi connectivity index (χ1n) is 8.36. The van der Waals surface area contributed by atoms with E-state index in [-0.39, 0.29) is 44.4 Å². The molecule has 3 aromatic rings. The van der Waals surface area contributed by atoms with Crippen molar-refractivity contribution in [3.05, 3.63) is 52.4 Å². The lowest BCUT2D eigenvalue weighted by atomic mass is 10.3. The number of halogens is 2. The molecule has 1 aromatic carbocycles. The highest BCUT2D eigenvalue weighted by Gasteiger charge is 2.24. The van der Waals surface area contributed by atoms with Crippen molar-refractivity contribution in [3.8, 4) is 17.6 Å². The van der Waals surface area contributed by atoms with Crippen LogP contribution in [0.15, 0.2) is 41.4 Å². The highest BCUT2D eigenvalue weighted by molar-refractivity contribution is 7.90. The number of methoxy groups -OCH3 is 1. The summed E-state index contributed by atoms with van der Waals surface area (Å²) < 4.78 is 37.8. The van der Waals surface area contributed by atoms with E-state index in [4.69, 9.17) is 32.7 Å². The van der Waals surface area contributed by atoms with Crippen molar-refractivity contribution in [2.75, 3.05) is 12.4 Å². The summed E-state index contributed by atoms with van der Waals surface area (Å²) in [5.74, 6) is -0.113. The number of hydrogen-bond donors (Lipinski definition) is 2. The van der Waals surface area contributed by atoms with Crippen LogP contribution >= 0.6 is 23.2 Å². The van der Waals surface area contributed by atoms with Crippen LogP contribution in [-0.2, 0) is 10.0 Å². The van der Waals surface area contributed by atoms with Crippen molar-refractivity contribution in [3.63, 3.8) is 0 Å². The number of carbonyl (C=O) groups is 1. The van der Waals surface area contributed by atoms with Crippen LogP contribution in [0.2, 0.25) is 10.0 Å². The number of carbonyl (C=O) groups excluding carboxylic acids is 1. The summed E-state index contributed by atoms with van der Waals surface area (Å²) in [5.41, 5.74) is 0. The van der Waals surface area contributed by atoms with Gasteiger partial charge in [-0.15, -0.1) is 0 Å². The number of hydrogen-bond acceptors (Lipinski definition) is 9. The molecule has 31 heavy (non-hydrogen) atoms. The zero-order valence-corrected chi connectivity index (χ0v) is 18.3. The number of urea groups is 1. The average molecular weight is 485 g/mol. The quantitative estimate of drug-likeness (QED) is 0.538. The Balaban J connectivity index is 1.82. The molecule has 0 bridgehead atoms. The SMILES string of the molecule is COc1nc(C)nc(NC(=O)NS(=O)(=O)c2ccccc2Oc2ncc(Cl)cc2Cl)n1. The Hall–Kier alpha value is -3.22. The van der Waals surface area contributed by atoms with E-state index in [1.165, 1.54) is 43.6 Å². The van der Waals surface area contributed by atoms with E-state index in [1.54, 1.807) is 6.92 Å². The van der Waals surface area contributed by atoms with E-state index in [9.17, 15) is 13.2 Å². The second-order valence-corrected chi connectivity index (χ2v) is 8.24. The molecule has 11 nitrogen and oxygen atoms in total. The fourth-order valence-electron chi connectivity index (χ4n) is 2.25. The van der Waals surface area contributed by atoms with E-state index in [0.717, 1.165) is 0 Å². The first kappa shape index (κ1) is 22.5. The van der Waals surface area contributed by atoms with Gasteiger partial charge in [0.1, 0.15) is 21.5 Å². The van der Waals surface area contributed by atoms with Gasteiger partial charge < -0.3 is 9.47 Å². The zero-order chi connectivity index (χ0) is 22.6. The summed E-state index contributed by atoms with van der Waals surface area (Å²) in [5, 5.41) is 2.56. The average Bonchev–Trinajstić information content (AvgIpc) is 2.69. The van der Waals surface area contributed by atoms with Gasteiger partial charge in [0.15, 0.2) is 0 Å². The normalized spacial score (nSPS) is 11.0. The predicted molar refractivity (Wildman–Crippen MR) is 111 cm³/mol. The third kappa shape index (κ3) is 5.69. The Morgan fingerprint density at radius 2 is 1.87 bits per heavy atom. The van der Waals surface area contributed by atoms with Crippen LogP contribution in [0.1, 0.15) is 5.82 Å². The van der Waals surface area contributed by atoms with Gasteiger partial charge in [0.2, 0.25) is 11.8 Å². The number of aryl methyl sites for hydroxylation is 1. The maximum absolute atomic E-state index is 12.8. The van der Waals surface area contributed by atoms with E-state index < -0.39 is 16.1 Å². The number of rotatable bonds is 6. The molecule has 0 aliphatic heterocycles. The van der Waals surface area contributed by atoms with Crippen molar-refractivity contribution < 1.29 is 22.7 Å². The fraction of sp³-hybridized carbons (Fsp3) is 0.118. The summed E-state index contributed by atoms with van der Waals surface area (Å²) in [7, 11) is -3.03. The standard InChI is InChI=1S/C17H14Cl2N6O5S/c1-9-21-15(24-17(22-9)29-2)23-16(26)25-31(27,28)13-6-4-3-5-12(13)30-14-11(19)7-10(18)8-20-14/h3-8H,1-2H3,(H2,21,22,23,24,25,26). The molecule has 2 aromatic heterocycles. The van der Waals surface area contributed by atoms with E-state index in [1.807, 2.05) is 4.72 Å². The number of pyridine rings is 1.